The first-order valence-electron chi connectivity index (χ1n) is 6.19. The molecule has 0 amide bonds. The van der Waals surface area contributed by atoms with E-state index in [2.05, 4.69) is 15.3 Å². The second-order valence-corrected chi connectivity index (χ2v) is 4.23. The molecule has 0 unspecified atom stereocenters. The SMILES string of the molecule is CCNc1nc(C)cc(N(C)c2ccccc2F)n1. The smallest absolute Gasteiger partial charge is 0.224 e. The predicted octanol–water partition coefficient (Wildman–Crippen LogP) is 3.12. The largest absolute Gasteiger partial charge is 0.354 e. The molecule has 19 heavy (non-hydrogen) atoms. The number of hydrogen-bond donors (Lipinski definition) is 1. The van der Waals surface area contributed by atoms with Gasteiger partial charge in [-0.1, -0.05) is 12.1 Å². The summed E-state index contributed by atoms with van der Waals surface area (Å²) in [7, 11) is 1.79. The number of hydrogen-bond acceptors (Lipinski definition) is 4. The summed E-state index contributed by atoms with van der Waals surface area (Å²) in [5, 5.41) is 3.07. The summed E-state index contributed by atoms with van der Waals surface area (Å²) in [4.78, 5) is 10.4. The number of benzene rings is 1. The van der Waals surface area contributed by atoms with E-state index in [9.17, 15) is 4.39 Å². The van der Waals surface area contributed by atoms with Gasteiger partial charge in [-0.25, -0.2) is 9.37 Å². The average molecular weight is 260 g/mol. The summed E-state index contributed by atoms with van der Waals surface area (Å²) >= 11 is 0. The Morgan fingerprint density at radius 3 is 2.68 bits per heavy atom. The Morgan fingerprint density at radius 1 is 1.26 bits per heavy atom. The zero-order chi connectivity index (χ0) is 13.8. The molecule has 4 nitrogen and oxygen atoms in total. The molecule has 0 saturated carbocycles. The molecular formula is C14H17FN4. The number of halogens is 1. The molecule has 0 bridgehead atoms. The van der Waals surface area contributed by atoms with Crippen LogP contribution in [0.2, 0.25) is 0 Å². The molecular weight excluding hydrogens is 243 g/mol. The minimum Gasteiger partial charge on any atom is -0.354 e. The Balaban J connectivity index is 2.38. The van der Waals surface area contributed by atoms with Crippen LogP contribution in [0.3, 0.4) is 0 Å². The van der Waals surface area contributed by atoms with Gasteiger partial charge in [-0.3, -0.25) is 0 Å². The molecule has 0 saturated heterocycles. The average Bonchev–Trinajstić information content (AvgIpc) is 2.38. The van der Waals surface area contributed by atoms with Crippen LogP contribution >= 0.6 is 0 Å². The first kappa shape index (κ1) is 13.3. The first-order chi connectivity index (χ1) is 9.11. The predicted molar refractivity (Wildman–Crippen MR) is 75.4 cm³/mol. The van der Waals surface area contributed by atoms with Crippen molar-refractivity contribution in [2.75, 3.05) is 23.8 Å². The number of para-hydroxylation sites is 1. The van der Waals surface area contributed by atoms with Crippen molar-refractivity contribution in [2.45, 2.75) is 13.8 Å². The van der Waals surface area contributed by atoms with Gasteiger partial charge in [0.2, 0.25) is 5.95 Å². The van der Waals surface area contributed by atoms with Gasteiger partial charge in [0.25, 0.3) is 0 Å². The Bertz CT molecular complexity index is 571. The lowest BCUT2D eigenvalue weighted by Crippen LogP contribution is -2.15. The maximum Gasteiger partial charge on any atom is 0.224 e. The lowest BCUT2D eigenvalue weighted by atomic mass is 10.3. The van der Waals surface area contributed by atoms with Gasteiger partial charge in [-0.05, 0) is 26.0 Å². The van der Waals surface area contributed by atoms with Gasteiger partial charge in [0.1, 0.15) is 11.6 Å². The molecule has 2 rings (SSSR count). The van der Waals surface area contributed by atoms with E-state index >= 15 is 0 Å². The Hall–Kier alpha value is -2.17. The maximum absolute atomic E-state index is 13.8. The summed E-state index contributed by atoms with van der Waals surface area (Å²) in [6.45, 7) is 4.61. The Labute approximate surface area is 112 Å². The molecule has 1 aromatic heterocycles. The van der Waals surface area contributed by atoms with Crippen LogP contribution in [0.4, 0.5) is 21.8 Å². The molecule has 1 N–H and O–H groups in total. The molecule has 1 aromatic carbocycles. The van der Waals surface area contributed by atoms with Crippen LogP contribution < -0.4 is 10.2 Å². The van der Waals surface area contributed by atoms with Gasteiger partial charge in [-0.15, -0.1) is 0 Å². The van der Waals surface area contributed by atoms with E-state index in [0.717, 1.165) is 12.2 Å². The third-order valence-electron chi connectivity index (χ3n) is 2.73. The van der Waals surface area contributed by atoms with Crippen LogP contribution in [0, 0.1) is 12.7 Å². The number of aromatic nitrogens is 2. The fourth-order valence-corrected chi connectivity index (χ4v) is 1.81. The molecule has 0 fully saturated rings. The molecule has 0 aliphatic rings. The molecule has 5 heteroatoms. The van der Waals surface area contributed by atoms with Gasteiger partial charge < -0.3 is 10.2 Å². The topological polar surface area (TPSA) is 41.1 Å². The molecule has 2 aromatic rings. The van der Waals surface area contributed by atoms with Gasteiger partial charge in [0.05, 0.1) is 5.69 Å². The number of rotatable bonds is 4. The van der Waals surface area contributed by atoms with E-state index in [1.165, 1.54) is 6.07 Å². The van der Waals surface area contributed by atoms with Crippen molar-refractivity contribution >= 4 is 17.5 Å². The molecule has 100 valence electrons. The van der Waals surface area contributed by atoms with E-state index in [1.54, 1.807) is 30.1 Å². The number of anilines is 3. The van der Waals surface area contributed by atoms with Crippen molar-refractivity contribution in [1.82, 2.24) is 9.97 Å². The molecule has 0 radical (unpaired) electrons. The zero-order valence-electron chi connectivity index (χ0n) is 11.3. The first-order valence-corrected chi connectivity index (χ1v) is 6.19. The fraction of sp³-hybridized carbons (Fsp3) is 0.286. The molecule has 0 atom stereocenters. The maximum atomic E-state index is 13.8. The third-order valence-corrected chi connectivity index (χ3v) is 2.73. The molecule has 0 aliphatic heterocycles. The van der Waals surface area contributed by atoms with Crippen LogP contribution in [0.15, 0.2) is 30.3 Å². The van der Waals surface area contributed by atoms with Crippen molar-refractivity contribution in [2.24, 2.45) is 0 Å². The van der Waals surface area contributed by atoms with Crippen molar-refractivity contribution < 1.29 is 4.39 Å². The fourth-order valence-electron chi connectivity index (χ4n) is 1.81. The Morgan fingerprint density at radius 2 is 2.00 bits per heavy atom. The quantitative estimate of drug-likeness (QED) is 0.917. The summed E-state index contributed by atoms with van der Waals surface area (Å²) in [6, 6.07) is 8.45. The third kappa shape index (κ3) is 2.99. The van der Waals surface area contributed by atoms with Gasteiger partial charge in [-0.2, -0.15) is 4.98 Å². The summed E-state index contributed by atoms with van der Waals surface area (Å²) in [6.07, 6.45) is 0. The van der Waals surface area contributed by atoms with E-state index in [-0.39, 0.29) is 5.82 Å². The standard InChI is InChI=1S/C14H17FN4/c1-4-16-14-17-10(2)9-13(18-14)19(3)12-8-6-5-7-11(12)15/h5-9H,4H2,1-3H3,(H,16,17,18). The number of nitrogens with one attached hydrogen (secondary N) is 1. The molecule has 1 heterocycles. The van der Waals surface area contributed by atoms with E-state index in [1.807, 2.05) is 19.9 Å². The van der Waals surface area contributed by atoms with Gasteiger partial charge in [0.15, 0.2) is 0 Å². The minimum absolute atomic E-state index is 0.272. The highest BCUT2D eigenvalue weighted by atomic mass is 19.1. The molecule has 0 spiro atoms. The zero-order valence-corrected chi connectivity index (χ0v) is 11.3. The monoisotopic (exact) mass is 260 g/mol. The highest BCUT2D eigenvalue weighted by Crippen LogP contribution is 2.25. The van der Waals surface area contributed by atoms with Gasteiger partial charge in [0, 0.05) is 25.4 Å². The second-order valence-electron chi connectivity index (χ2n) is 4.23. The van der Waals surface area contributed by atoms with Crippen LogP contribution in [-0.4, -0.2) is 23.6 Å². The van der Waals surface area contributed by atoms with Gasteiger partial charge >= 0.3 is 0 Å². The normalized spacial score (nSPS) is 10.3. The van der Waals surface area contributed by atoms with Crippen molar-refractivity contribution in [3.63, 3.8) is 0 Å². The lowest BCUT2D eigenvalue weighted by Gasteiger charge is -2.19. The molecule has 0 aliphatic carbocycles. The van der Waals surface area contributed by atoms with Crippen LogP contribution in [0.25, 0.3) is 0 Å². The van der Waals surface area contributed by atoms with Crippen molar-refractivity contribution in [1.29, 1.82) is 0 Å². The van der Waals surface area contributed by atoms with Crippen molar-refractivity contribution in [3.8, 4) is 0 Å². The minimum atomic E-state index is -0.272. The Kier molecular flexibility index (Phi) is 3.94. The lowest BCUT2D eigenvalue weighted by molar-refractivity contribution is 0.627. The van der Waals surface area contributed by atoms with Crippen LogP contribution in [-0.2, 0) is 0 Å². The van der Waals surface area contributed by atoms with E-state index in [0.29, 0.717) is 17.5 Å². The summed E-state index contributed by atoms with van der Waals surface area (Å²) < 4.78 is 13.8. The highest BCUT2D eigenvalue weighted by Gasteiger charge is 2.11. The number of aryl methyl sites for hydroxylation is 1. The second kappa shape index (κ2) is 5.65. The van der Waals surface area contributed by atoms with Crippen LogP contribution in [0.1, 0.15) is 12.6 Å². The van der Waals surface area contributed by atoms with Crippen LogP contribution in [0.5, 0.6) is 0 Å². The van der Waals surface area contributed by atoms with E-state index in [4.69, 9.17) is 0 Å². The summed E-state index contributed by atoms with van der Waals surface area (Å²) in [5.41, 5.74) is 1.33. The number of nitrogens with zero attached hydrogens (tertiary/aromatic N) is 3. The summed E-state index contributed by atoms with van der Waals surface area (Å²) in [5.74, 6) is 0.945. The van der Waals surface area contributed by atoms with Crippen molar-refractivity contribution in [3.05, 3.63) is 41.8 Å². The highest BCUT2D eigenvalue weighted by molar-refractivity contribution is 5.60. The van der Waals surface area contributed by atoms with E-state index < -0.39 is 0 Å².